The minimum absolute atomic E-state index is 0.164. The minimum Gasteiger partial charge on any atom is -0.478 e. The number of fused-ring (bicyclic) bond motifs is 1. The predicted molar refractivity (Wildman–Crippen MR) is 119 cm³/mol. The highest BCUT2D eigenvalue weighted by Crippen LogP contribution is 2.40. The zero-order valence-electron chi connectivity index (χ0n) is 17.8. The highest BCUT2D eigenvalue weighted by Gasteiger charge is 2.42. The molecule has 1 saturated carbocycles. The molecule has 0 unspecified atom stereocenters. The Morgan fingerprint density at radius 1 is 1.00 bits per heavy atom. The fraction of sp³-hybridized carbons (Fsp3) is 0.417. The molecule has 0 aromatic heterocycles. The van der Waals surface area contributed by atoms with Crippen LogP contribution in [-0.4, -0.2) is 46.9 Å². The number of carboxylic acid groups (broad SMARTS) is 1. The third-order valence-corrected chi connectivity index (χ3v) is 6.65. The molecule has 2 aliphatic heterocycles. The maximum atomic E-state index is 12.3. The van der Waals surface area contributed by atoms with Gasteiger partial charge >= 0.3 is 12.0 Å². The monoisotopic (exact) mass is 437 g/mol. The number of aromatic carboxylic acids is 1. The molecule has 1 spiro atoms. The number of benzene rings is 2. The largest absolute Gasteiger partial charge is 0.478 e. The summed E-state index contributed by atoms with van der Waals surface area (Å²) in [6, 6.07) is 11.9. The molecule has 2 fully saturated rings. The van der Waals surface area contributed by atoms with Gasteiger partial charge < -0.3 is 25.2 Å². The first kappa shape index (κ1) is 20.8. The number of nitrogens with one attached hydrogen (secondary N) is 2. The average molecular weight is 437 g/mol. The number of carboxylic acids is 1. The van der Waals surface area contributed by atoms with E-state index in [9.17, 15) is 9.59 Å². The molecule has 0 atom stereocenters. The lowest BCUT2D eigenvalue weighted by atomic mass is 9.89. The molecular weight excluding hydrogens is 410 g/mol. The SMILES string of the molecule is O=C(Nc1ccc(C(=O)O)cc1)Nc1ccc2c(c1)COC1(CCN(C3CCC3)CC1)O2. The first-order valence-corrected chi connectivity index (χ1v) is 11.1. The van der Waals surface area contributed by atoms with E-state index in [4.69, 9.17) is 14.6 Å². The number of carbonyl (C=O) groups is 2. The maximum absolute atomic E-state index is 12.3. The van der Waals surface area contributed by atoms with Crippen LogP contribution in [0.4, 0.5) is 16.2 Å². The third-order valence-electron chi connectivity index (χ3n) is 6.65. The highest BCUT2D eigenvalue weighted by molar-refractivity contribution is 6.00. The molecule has 5 rings (SSSR count). The van der Waals surface area contributed by atoms with Gasteiger partial charge in [0.2, 0.25) is 5.79 Å². The molecule has 0 bridgehead atoms. The fourth-order valence-electron chi connectivity index (χ4n) is 4.53. The van der Waals surface area contributed by atoms with Crippen LogP contribution in [-0.2, 0) is 11.3 Å². The lowest BCUT2D eigenvalue weighted by Crippen LogP contribution is -2.54. The summed E-state index contributed by atoms with van der Waals surface area (Å²) in [6.07, 6.45) is 5.71. The molecule has 8 nitrogen and oxygen atoms in total. The molecular formula is C24H27N3O5. The summed E-state index contributed by atoms with van der Waals surface area (Å²) < 4.78 is 12.5. The highest BCUT2D eigenvalue weighted by atomic mass is 16.7. The third kappa shape index (κ3) is 4.28. The van der Waals surface area contributed by atoms with E-state index in [1.807, 2.05) is 18.2 Å². The molecule has 2 aromatic carbocycles. The number of carbonyl (C=O) groups excluding carboxylic acids is 1. The Hall–Kier alpha value is -3.10. The number of piperidine rings is 1. The van der Waals surface area contributed by atoms with Crippen molar-refractivity contribution < 1.29 is 24.2 Å². The van der Waals surface area contributed by atoms with Crippen LogP contribution in [0.2, 0.25) is 0 Å². The van der Waals surface area contributed by atoms with E-state index >= 15 is 0 Å². The summed E-state index contributed by atoms with van der Waals surface area (Å²) in [7, 11) is 0. The number of amides is 2. The van der Waals surface area contributed by atoms with Gasteiger partial charge in [-0.3, -0.25) is 4.90 Å². The van der Waals surface area contributed by atoms with Gasteiger partial charge in [-0.15, -0.1) is 0 Å². The summed E-state index contributed by atoms with van der Waals surface area (Å²) in [5, 5.41) is 14.4. The number of ether oxygens (including phenoxy) is 2. The van der Waals surface area contributed by atoms with Gasteiger partial charge in [-0.05, 0) is 55.3 Å². The van der Waals surface area contributed by atoms with Gasteiger partial charge in [-0.25, -0.2) is 9.59 Å². The zero-order chi connectivity index (χ0) is 22.1. The molecule has 2 aromatic rings. The van der Waals surface area contributed by atoms with E-state index in [-0.39, 0.29) is 5.56 Å². The Morgan fingerprint density at radius 3 is 2.34 bits per heavy atom. The maximum Gasteiger partial charge on any atom is 0.335 e. The average Bonchev–Trinajstić information content (AvgIpc) is 2.75. The Kier molecular flexibility index (Phi) is 5.48. The molecule has 32 heavy (non-hydrogen) atoms. The van der Waals surface area contributed by atoms with Crippen LogP contribution in [0.3, 0.4) is 0 Å². The number of urea groups is 1. The van der Waals surface area contributed by atoms with Gasteiger partial charge in [-0.1, -0.05) is 6.42 Å². The van der Waals surface area contributed by atoms with Crippen molar-refractivity contribution in [3.05, 3.63) is 53.6 Å². The van der Waals surface area contributed by atoms with Crippen molar-refractivity contribution in [1.29, 1.82) is 0 Å². The van der Waals surface area contributed by atoms with Gasteiger partial charge in [0.15, 0.2) is 0 Å². The number of hydrogen-bond acceptors (Lipinski definition) is 5. The van der Waals surface area contributed by atoms with Gasteiger partial charge in [0.1, 0.15) is 5.75 Å². The van der Waals surface area contributed by atoms with Crippen molar-refractivity contribution in [2.45, 2.75) is 50.5 Å². The van der Waals surface area contributed by atoms with Crippen molar-refractivity contribution in [2.24, 2.45) is 0 Å². The van der Waals surface area contributed by atoms with E-state index in [1.165, 1.54) is 31.4 Å². The van der Waals surface area contributed by atoms with Crippen LogP contribution in [0.25, 0.3) is 0 Å². The standard InChI is InChI=1S/C24H27N3O5/c28-22(29)16-4-6-18(7-5-16)25-23(30)26-19-8-9-21-17(14-19)15-31-24(32-21)10-12-27(13-11-24)20-2-1-3-20/h4-9,14,20H,1-3,10-13,15H2,(H,28,29)(H2,25,26,30). The molecule has 1 saturated heterocycles. The first-order valence-electron chi connectivity index (χ1n) is 11.1. The van der Waals surface area contributed by atoms with Crippen LogP contribution in [0.1, 0.15) is 48.0 Å². The number of hydrogen-bond donors (Lipinski definition) is 3. The van der Waals surface area contributed by atoms with Crippen LogP contribution in [0.5, 0.6) is 5.75 Å². The number of rotatable bonds is 4. The second-order valence-corrected chi connectivity index (χ2v) is 8.71. The molecule has 3 N–H and O–H groups in total. The van der Waals surface area contributed by atoms with E-state index in [0.29, 0.717) is 18.0 Å². The first-order chi connectivity index (χ1) is 15.5. The topological polar surface area (TPSA) is 100 Å². The normalized spacial score (nSPS) is 20.0. The Labute approximate surface area is 186 Å². The van der Waals surface area contributed by atoms with Crippen molar-refractivity contribution >= 4 is 23.4 Å². The smallest absolute Gasteiger partial charge is 0.335 e. The Bertz CT molecular complexity index is 1010. The summed E-state index contributed by atoms with van der Waals surface area (Å²) in [6.45, 7) is 2.47. The summed E-state index contributed by atoms with van der Waals surface area (Å²) >= 11 is 0. The lowest BCUT2D eigenvalue weighted by Gasteiger charge is -2.47. The molecule has 0 radical (unpaired) electrons. The summed E-state index contributed by atoms with van der Waals surface area (Å²) in [4.78, 5) is 25.8. The second kappa shape index (κ2) is 8.44. The van der Waals surface area contributed by atoms with Crippen molar-refractivity contribution in [1.82, 2.24) is 4.90 Å². The number of nitrogens with zero attached hydrogens (tertiary/aromatic N) is 1. The number of anilines is 2. The molecule has 1 aliphatic carbocycles. The molecule has 2 amide bonds. The van der Waals surface area contributed by atoms with Gasteiger partial charge in [0.05, 0.1) is 12.2 Å². The Balaban J connectivity index is 1.18. The van der Waals surface area contributed by atoms with Gasteiger partial charge in [0.25, 0.3) is 0 Å². The van der Waals surface area contributed by atoms with Crippen LogP contribution in [0.15, 0.2) is 42.5 Å². The molecule has 168 valence electrons. The molecule has 2 heterocycles. The molecule has 3 aliphatic rings. The van der Waals surface area contributed by atoms with E-state index in [0.717, 1.165) is 43.3 Å². The van der Waals surface area contributed by atoms with E-state index < -0.39 is 17.8 Å². The van der Waals surface area contributed by atoms with Crippen molar-refractivity contribution in [3.63, 3.8) is 0 Å². The second-order valence-electron chi connectivity index (χ2n) is 8.71. The van der Waals surface area contributed by atoms with Crippen LogP contribution >= 0.6 is 0 Å². The van der Waals surface area contributed by atoms with Crippen molar-refractivity contribution in [3.8, 4) is 5.75 Å². The van der Waals surface area contributed by atoms with E-state index in [1.54, 1.807) is 12.1 Å². The van der Waals surface area contributed by atoms with Gasteiger partial charge in [-0.2, -0.15) is 0 Å². The van der Waals surface area contributed by atoms with Gasteiger partial charge in [0, 0.05) is 48.9 Å². The predicted octanol–water partition coefficient (Wildman–Crippen LogP) is 4.28. The fourth-order valence-corrected chi connectivity index (χ4v) is 4.53. The minimum atomic E-state index is -1.01. The number of likely N-dealkylation sites (tertiary alicyclic amines) is 1. The zero-order valence-corrected chi connectivity index (χ0v) is 17.8. The quantitative estimate of drug-likeness (QED) is 0.660. The Morgan fingerprint density at radius 2 is 1.69 bits per heavy atom. The molecule has 8 heteroatoms. The lowest BCUT2D eigenvalue weighted by molar-refractivity contribution is -0.231. The van der Waals surface area contributed by atoms with Crippen LogP contribution < -0.4 is 15.4 Å². The van der Waals surface area contributed by atoms with E-state index in [2.05, 4.69) is 15.5 Å². The van der Waals surface area contributed by atoms with Crippen LogP contribution in [0, 0.1) is 0 Å². The van der Waals surface area contributed by atoms with Crippen molar-refractivity contribution in [2.75, 3.05) is 23.7 Å². The summed E-state index contributed by atoms with van der Waals surface area (Å²) in [5.41, 5.74) is 2.21. The summed E-state index contributed by atoms with van der Waals surface area (Å²) in [5.74, 6) is -0.740.